The minimum atomic E-state index is 0.588. The highest BCUT2D eigenvalue weighted by Crippen LogP contribution is 2.15. The molecule has 0 aliphatic carbocycles. The summed E-state index contributed by atoms with van der Waals surface area (Å²) in [6.07, 6.45) is 1.89. The molecule has 0 unspecified atom stereocenters. The van der Waals surface area contributed by atoms with Gasteiger partial charge < -0.3 is 5.73 Å². The maximum Gasteiger partial charge on any atom is 0.0685 e. The number of aromatic nitrogens is 2. The van der Waals surface area contributed by atoms with E-state index in [1.54, 1.807) is 0 Å². The van der Waals surface area contributed by atoms with E-state index in [1.807, 2.05) is 16.9 Å². The smallest absolute Gasteiger partial charge is 0.0685 e. The van der Waals surface area contributed by atoms with Crippen molar-refractivity contribution >= 4 is 10.9 Å². The molecule has 1 heterocycles. The lowest BCUT2D eigenvalue weighted by molar-refractivity contribution is 0.683. The van der Waals surface area contributed by atoms with Crippen LogP contribution in [0, 0.1) is 0 Å². The summed E-state index contributed by atoms with van der Waals surface area (Å²) in [5, 5.41) is 5.44. The molecule has 0 radical (unpaired) electrons. The van der Waals surface area contributed by atoms with Crippen LogP contribution in [0.4, 0.5) is 0 Å². The van der Waals surface area contributed by atoms with E-state index in [2.05, 4.69) is 24.2 Å². The predicted molar refractivity (Wildman–Crippen MR) is 53.3 cm³/mol. The maximum atomic E-state index is 5.57. The number of aryl methyl sites for hydroxylation is 1. The van der Waals surface area contributed by atoms with E-state index in [0.29, 0.717) is 6.54 Å². The Labute approximate surface area is 77.2 Å². The fourth-order valence-corrected chi connectivity index (χ4v) is 1.50. The summed E-state index contributed by atoms with van der Waals surface area (Å²) in [5.41, 5.74) is 7.90. The van der Waals surface area contributed by atoms with Crippen molar-refractivity contribution in [3.8, 4) is 0 Å². The molecule has 0 amide bonds. The molecular formula is C10H13N3. The minimum absolute atomic E-state index is 0.588. The van der Waals surface area contributed by atoms with Crippen LogP contribution in [0.3, 0.4) is 0 Å². The topological polar surface area (TPSA) is 43.8 Å². The lowest BCUT2D eigenvalue weighted by atomic mass is 10.2. The highest BCUT2D eigenvalue weighted by Gasteiger charge is 2.00. The van der Waals surface area contributed by atoms with Gasteiger partial charge in [-0.1, -0.05) is 12.1 Å². The summed E-state index contributed by atoms with van der Waals surface area (Å²) in [6, 6.07) is 6.21. The van der Waals surface area contributed by atoms with Crippen LogP contribution in [0.5, 0.6) is 0 Å². The average Bonchev–Trinajstić information content (AvgIpc) is 2.59. The number of nitrogens with two attached hydrogens (primary N) is 1. The van der Waals surface area contributed by atoms with Gasteiger partial charge >= 0.3 is 0 Å². The van der Waals surface area contributed by atoms with Gasteiger partial charge in [0.05, 0.1) is 11.7 Å². The third-order valence-electron chi connectivity index (χ3n) is 2.24. The molecule has 3 heteroatoms. The Balaban J connectivity index is 2.64. The van der Waals surface area contributed by atoms with E-state index in [-0.39, 0.29) is 0 Å². The second kappa shape index (κ2) is 3.18. The van der Waals surface area contributed by atoms with E-state index in [0.717, 1.165) is 12.1 Å². The van der Waals surface area contributed by atoms with Crippen LogP contribution in [0.15, 0.2) is 24.4 Å². The van der Waals surface area contributed by atoms with Gasteiger partial charge in [-0.2, -0.15) is 5.10 Å². The summed E-state index contributed by atoms with van der Waals surface area (Å²) in [6.45, 7) is 3.57. The largest absolute Gasteiger partial charge is 0.326 e. The summed E-state index contributed by atoms with van der Waals surface area (Å²) < 4.78 is 1.98. The first-order valence-corrected chi connectivity index (χ1v) is 4.49. The second-order valence-corrected chi connectivity index (χ2v) is 3.06. The molecule has 0 atom stereocenters. The van der Waals surface area contributed by atoms with Crippen molar-refractivity contribution in [3.05, 3.63) is 30.0 Å². The van der Waals surface area contributed by atoms with Gasteiger partial charge in [-0.15, -0.1) is 0 Å². The summed E-state index contributed by atoms with van der Waals surface area (Å²) in [5.74, 6) is 0. The van der Waals surface area contributed by atoms with Gasteiger partial charge in [-0.3, -0.25) is 4.68 Å². The molecule has 2 aromatic rings. The van der Waals surface area contributed by atoms with Crippen molar-refractivity contribution < 1.29 is 0 Å². The van der Waals surface area contributed by atoms with Crippen molar-refractivity contribution in [3.63, 3.8) is 0 Å². The fourth-order valence-electron chi connectivity index (χ4n) is 1.50. The first-order chi connectivity index (χ1) is 6.35. The molecule has 2 N–H and O–H groups in total. The van der Waals surface area contributed by atoms with Crippen molar-refractivity contribution in [1.29, 1.82) is 0 Å². The molecule has 3 nitrogen and oxygen atoms in total. The summed E-state index contributed by atoms with van der Waals surface area (Å²) in [7, 11) is 0. The molecule has 0 saturated heterocycles. The molecule has 0 saturated carbocycles. The summed E-state index contributed by atoms with van der Waals surface area (Å²) in [4.78, 5) is 0. The average molecular weight is 175 g/mol. The lowest BCUT2D eigenvalue weighted by Crippen LogP contribution is -1.98. The van der Waals surface area contributed by atoms with Crippen LogP contribution in [0.1, 0.15) is 12.5 Å². The first-order valence-electron chi connectivity index (χ1n) is 4.49. The van der Waals surface area contributed by atoms with Gasteiger partial charge in [0.25, 0.3) is 0 Å². The summed E-state index contributed by atoms with van der Waals surface area (Å²) >= 11 is 0. The molecular weight excluding hydrogens is 162 g/mol. The molecule has 68 valence electrons. The van der Waals surface area contributed by atoms with Crippen molar-refractivity contribution in [2.45, 2.75) is 20.0 Å². The monoisotopic (exact) mass is 175 g/mol. The number of rotatable bonds is 2. The molecule has 1 aromatic heterocycles. The zero-order valence-electron chi connectivity index (χ0n) is 7.70. The van der Waals surface area contributed by atoms with Gasteiger partial charge in [0.15, 0.2) is 0 Å². The Bertz CT molecular complexity index is 417. The molecule has 1 aromatic carbocycles. The third-order valence-corrected chi connectivity index (χ3v) is 2.24. The quantitative estimate of drug-likeness (QED) is 0.752. The maximum absolute atomic E-state index is 5.57. The highest BCUT2D eigenvalue weighted by atomic mass is 15.3. The van der Waals surface area contributed by atoms with Crippen LogP contribution >= 0.6 is 0 Å². The normalized spacial score (nSPS) is 10.9. The number of fused-ring (bicyclic) bond motifs is 1. The molecule has 0 aliphatic rings. The van der Waals surface area contributed by atoms with E-state index >= 15 is 0 Å². The molecule has 13 heavy (non-hydrogen) atoms. The van der Waals surface area contributed by atoms with Crippen LogP contribution in [-0.2, 0) is 13.1 Å². The SMILES string of the molecule is CCn1ncc2ccc(CN)cc21. The standard InChI is InChI=1S/C10H13N3/c1-2-13-10-5-8(6-11)3-4-9(10)7-12-13/h3-5,7H,2,6,11H2,1H3. The Morgan fingerprint density at radius 2 is 2.31 bits per heavy atom. The zero-order chi connectivity index (χ0) is 9.26. The predicted octanol–water partition coefficient (Wildman–Crippen LogP) is 1.51. The molecule has 2 rings (SSSR count). The van der Waals surface area contributed by atoms with Gasteiger partial charge in [-0.25, -0.2) is 0 Å². The van der Waals surface area contributed by atoms with E-state index in [9.17, 15) is 0 Å². The van der Waals surface area contributed by atoms with Crippen molar-refractivity contribution in [2.24, 2.45) is 5.73 Å². The number of hydrogen-bond acceptors (Lipinski definition) is 2. The minimum Gasteiger partial charge on any atom is -0.326 e. The Morgan fingerprint density at radius 3 is 3.00 bits per heavy atom. The van der Waals surface area contributed by atoms with E-state index in [4.69, 9.17) is 5.73 Å². The molecule has 0 fully saturated rings. The second-order valence-electron chi connectivity index (χ2n) is 3.06. The van der Waals surface area contributed by atoms with Crippen LogP contribution in [0.25, 0.3) is 10.9 Å². The zero-order valence-corrected chi connectivity index (χ0v) is 7.70. The van der Waals surface area contributed by atoms with Gasteiger partial charge in [0, 0.05) is 18.5 Å². The van der Waals surface area contributed by atoms with E-state index in [1.165, 1.54) is 10.9 Å². The van der Waals surface area contributed by atoms with Crippen LogP contribution in [0.2, 0.25) is 0 Å². The molecule has 0 bridgehead atoms. The Kier molecular flexibility index (Phi) is 2.02. The Morgan fingerprint density at radius 1 is 1.46 bits per heavy atom. The van der Waals surface area contributed by atoms with Crippen molar-refractivity contribution in [2.75, 3.05) is 0 Å². The molecule has 0 spiro atoms. The first kappa shape index (κ1) is 8.26. The van der Waals surface area contributed by atoms with Crippen molar-refractivity contribution in [1.82, 2.24) is 9.78 Å². The highest BCUT2D eigenvalue weighted by molar-refractivity contribution is 5.79. The van der Waals surface area contributed by atoms with Crippen LogP contribution in [-0.4, -0.2) is 9.78 Å². The van der Waals surface area contributed by atoms with Crippen LogP contribution < -0.4 is 5.73 Å². The van der Waals surface area contributed by atoms with Gasteiger partial charge in [-0.05, 0) is 18.6 Å². The van der Waals surface area contributed by atoms with Gasteiger partial charge in [0.2, 0.25) is 0 Å². The Hall–Kier alpha value is -1.35. The lowest BCUT2D eigenvalue weighted by Gasteiger charge is -2.00. The van der Waals surface area contributed by atoms with E-state index < -0.39 is 0 Å². The number of hydrogen-bond donors (Lipinski definition) is 1. The van der Waals surface area contributed by atoms with Gasteiger partial charge in [0.1, 0.15) is 0 Å². The number of benzene rings is 1. The molecule has 0 aliphatic heterocycles. The number of nitrogens with zero attached hydrogens (tertiary/aromatic N) is 2. The fraction of sp³-hybridized carbons (Fsp3) is 0.300. The third kappa shape index (κ3) is 1.31.